The van der Waals surface area contributed by atoms with Crippen LogP contribution < -0.4 is 4.74 Å². The van der Waals surface area contributed by atoms with Crippen LogP contribution in [0.15, 0.2) is 48.5 Å². The second-order valence-electron chi connectivity index (χ2n) is 7.32. The van der Waals surface area contributed by atoms with Gasteiger partial charge in [0.1, 0.15) is 11.8 Å². The monoisotopic (exact) mass is 432 g/mol. The third-order valence-electron chi connectivity index (χ3n) is 5.17. The van der Waals surface area contributed by atoms with E-state index in [2.05, 4.69) is 0 Å². The quantitative estimate of drug-likeness (QED) is 0.747. The predicted octanol–water partition coefficient (Wildman–Crippen LogP) is 1.80. The van der Waals surface area contributed by atoms with Crippen LogP contribution in [0.4, 0.5) is 0 Å². The lowest BCUT2D eigenvalue weighted by Crippen LogP contribution is -2.61. The van der Waals surface area contributed by atoms with Crippen LogP contribution in [0.3, 0.4) is 0 Å². The number of carbonyl (C=O) groups excluding carboxylic acids is 1. The summed E-state index contributed by atoms with van der Waals surface area (Å²) in [5.74, 6) is -1.11. The van der Waals surface area contributed by atoms with Gasteiger partial charge in [-0.05, 0) is 30.2 Å². The fraction of sp³-hybridized carbons (Fsp3) is 0.333. The molecule has 1 aliphatic rings. The third-order valence-corrected chi connectivity index (χ3v) is 6.37. The van der Waals surface area contributed by atoms with Crippen molar-refractivity contribution in [3.63, 3.8) is 0 Å². The zero-order chi connectivity index (χ0) is 22.1. The first-order valence-corrected chi connectivity index (χ1v) is 11.1. The minimum atomic E-state index is -3.92. The van der Waals surface area contributed by atoms with E-state index in [1.807, 2.05) is 19.1 Å². The first-order valence-electron chi connectivity index (χ1n) is 9.30. The van der Waals surface area contributed by atoms with Crippen molar-refractivity contribution in [2.75, 3.05) is 19.9 Å². The summed E-state index contributed by atoms with van der Waals surface area (Å²) in [6.45, 7) is 1.51. The molecule has 160 valence electrons. The molecule has 1 aliphatic heterocycles. The Labute approximate surface area is 175 Å². The Morgan fingerprint density at radius 1 is 1.13 bits per heavy atom. The summed E-state index contributed by atoms with van der Waals surface area (Å²) < 4.78 is 30.5. The van der Waals surface area contributed by atoms with E-state index in [0.29, 0.717) is 11.3 Å². The number of amides is 1. The van der Waals surface area contributed by atoms with E-state index in [9.17, 15) is 23.1 Å². The van der Waals surface area contributed by atoms with Crippen LogP contribution in [0.2, 0.25) is 0 Å². The predicted molar refractivity (Wildman–Crippen MR) is 110 cm³/mol. The van der Waals surface area contributed by atoms with Gasteiger partial charge in [0.25, 0.3) is 0 Å². The van der Waals surface area contributed by atoms with Gasteiger partial charge in [0.15, 0.2) is 0 Å². The molecule has 2 unspecified atom stereocenters. The van der Waals surface area contributed by atoms with Gasteiger partial charge in [-0.3, -0.25) is 9.59 Å². The van der Waals surface area contributed by atoms with Crippen LogP contribution in [0.25, 0.3) is 0 Å². The van der Waals surface area contributed by atoms with Crippen molar-refractivity contribution in [3.8, 4) is 5.75 Å². The summed E-state index contributed by atoms with van der Waals surface area (Å²) >= 11 is 0. The summed E-state index contributed by atoms with van der Waals surface area (Å²) in [6.07, 6.45) is 0.918. The van der Waals surface area contributed by atoms with Crippen molar-refractivity contribution in [2.24, 2.45) is 0 Å². The standard InChI is InChI=1S/C21H24N2O6S/c1-14-4-8-16(9-5-14)19-20(21(25)26)23(30(3,27)28)13-18(24)22(19)12-15-6-10-17(29-2)11-7-15/h4-11,19-20H,12-13H2,1-3H3,(H,25,26). The van der Waals surface area contributed by atoms with Crippen molar-refractivity contribution in [1.29, 1.82) is 0 Å². The number of ether oxygens (including phenoxy) is 1. The highest BCUT2D eigenvalue weighted by atomic mass is 32.2. The van der Waals surface area contributed by atoms with Crippen molar-refractivity contribution in [2.45, 2.75) is 25.6 Å². The second-order valence-corrected chi connectivity index (χ2v) is 9.25. The molecule has 9 heteroatoms. The molecule has 0 bridgehead atoms. The topological polar surface area (TPSA) is 104 Å². The summed E-state index contributed by atoms with van der Waals surface area (Å²) in [5.41, 5.74) is 2.30. The molecule has 3 rings (SSSR count). The van der Waals surface area contributed by atoms with Crippen molar-refractivity contribution in [1.82, 2.24) is 9.21 Å². The number of aliphatic carboxylic acids is 1. The largest absolute Gasteiger partial charge is 0.497 e. The van der Waals surface area contributed by atoms with Gasteiger partial charge < -0.3 is 14.7 Å². The molecule has 2 aromatic carbocycles. The number of methoxy groups -OCH3 is 1. The molecule has 0 aliphatic carbocycles. The summed E-state index contributed by atoms with van der Waals surface area (Å²) in [5, 5.41) is 9.94. The molecule has 2 atom stereocenters. The summed E-state index contributed by atoms with van der Waals surface area (Å²) in [6, 6.07) is 11.8. The molecule has 0 saturated carbocycles. The average Bonchev–Trinajstić information content (AvgIpc) is 2.69. The lowest BCUT2D eigenvalue weighted by molar-refractivity contribution is -0.153. The first kappa shape index (κ1) is 21.8. The minimum Gasteiger partial charge on any atom is -0.497 e. The molecule has 1 saturated heterocycles. The molecule has 1 N–H and O–H groups in total. The molecule has 0 aromatic heterocycles. The Bertz CT molecular complexity index is 1030. The second kappa shape index (κ2) is 8.45. The summed E-state index contributed by atoms with van der Waals surface area (Å²) in [7, 11) is -2.37. The Hall–Kier alpha value is -2.91. The van der Waals surface area contributed by atoms with E-state index < -0.39 is 40.5 Å². The SMILES string of the molecule is COc1ccc(CN2C(=O)CN(S(C)(=O)=O)C(C(=O)O)C2c2ccc(C)cc2)cc1. The maximum atomic E-state index is 13.0. The van der Waals surface area contributed by atoms with Crippen LogP contribution in [0.5, 0.6) is 5.75 Å². The number of hydrogen-bond acceptors (Lipinski definition) is 5. The van der Waals surface area contributed by atoms with Gasteiger partial charge in [0, 0.05) is 6.54 Å². The fourth-order valence-electron chi connectivity index (χ4n) is 3.63. The molecule has 1 amide bonds. The molecule has 1 fully saturated rings. The molecule has 0 spiro atoms. The first-order chi connectivity index (χ1) is 14.1. The maximum Gasteiger partial charge on any atom is 0.324 e. The molecule has 2 aromatic rings. The fourth-order valence-corrected chi connectivity index (χ4v) is 4.59. The van der Waals surface area contributed by atoms with E-state index in [0.717, 1.165) is 21.7 Å². The zero-order valence-electron chi connectivity index (χ0n) is 17.0. The Morgan fingerprint density at radius 3 is 2.23 bits per heavy atom. The Balaban J connectivity index is 2.08. The summed E-state index contributed by atoms with van der Waals surface area (Å²) in [4.78, 5) is 26.6. The van der Waals surface area contributed by atoms with Crippen LogP contribution in [0.1, 0.15) is 22.7 Å². The van der Waals surface area contributed by atoms with E-state index in [1.165, 1.54) is 4.90 Å². The molecular formula is C21H24N2O6S. The van der Waals surface area contributed by atoms with Gasteiger partial charge in [-0.2, -0.15) is 4.31 Å². The van der Waals surface area contributed by atoms with Gasteiger partial charge >= 0.3 is 5.97 Å². The number of carboxylic acid groups (broad SMARTS) is 1. The minimum absolute atomic E-state index is 0.142. The molecule has 30 heavy (non-hydrogen) atoms. The highest BCUT2D eigenvalue weighted by molar-refractivity contribution is 7.88. The number of carbonyl (C=O) groups is 2. The van der Waals surface area contributed by atoms with E-state index >= 15 is 0 Å². The normalized spacial score (nSPS) is 20.2. The molecule has 0 radical (unpaired) electrons. The van der Waals surface area contributed by atoms with Gasteiger partial charge in [-0.25, -0.2) is 8.42 Å². The molecule has 1 heterocycles. The van der Waals surface area contributed by atoms with Crippen LogP contribution >= 0.6 is 0 Å². The van der Waals surface area contributed by atoms with E-state index in [1.54, 1.807) is 43.5 Å². The van der Waals surface area contributed by atoms with Gasteiger partial charge in [-0.15, -0.1) is 0 Å². The van der Waals surface area contributed by atoms with Crippen molar-refractivity contribution < 1.29 is 27.9 Å². The zero-order valence-corrected chi connectivity index (χ0v) is 17.8. The van der Waals surface area contributed by atoms with Gasteiger partial charge in [0.05, 0.1) is 26.0 Å². The smallest absolute Gasteiger partial charge is 0.324 e. The van der Waals surface area contributed by atoms with Crippen LogP contribution in [0, 0.1) is 6.92 Å². The average molecular weight is 432 g/mol. The molecular weight excluding hydrogens is 408 g/mol. The number of carboxylic acids is 1. The Kier molecular flexibility index (Phi) is 6.14. The highest BCUT2D eigenvalue weighted by Gasteiger charge is 2.48. The van der Waals surface area contributed by atoms with E-state index in [4.69, 9.17) is 4.74 Å². The van der Waals surface area contributed by atoms with Crippen molar-refractivity contribution in [3.05, 3.63) is 65.2 Å². The van der Waals surface area contributed by atoms with Crippen LogP contribution in [-0.4, -0.2) is 60.6 Å². The maximum absolute atomic E-state index is 13.0. The highest BCUT2D eigenvalue weighted by Crippen LogP contribution is 2.35. The number of aryl methyl sites for hydroxylation is 1. The number of rotatable bonds is 6. The third kappa shape index (κ3) is 4.47. The number of sulfonamides is 1. The Morgan fingerprint density at radius 2 is 1.73 bits per heavy atom. The number of benzene rings is 2. The van der Waals surface area contributed by atoms with Gasteiger partial charge in [-0.1, -0.05) is 42.0 Å². The lowest BCUT2D eigenvalue weighted by atomic mass is 9.93. The molecule has 8 nitrogen and oxygen atoms in total. The van der Waals surface area contributed by atoms with E-state index in [-0.39, 0.29) is 6.54 Å². The number of nitrogens with zero attached hydrogens (tertiary/aromatic N) is 2. The van der Waals surface area contributed by atoms with Crippen molar-refractivity contribution >= 4 is 21.9 Å². The van der Waals surface area contributed by atoms with Crippen LogP contribution in [-0.2, 0) is 26.2 Å². The lowest BCUT2D eigenvalue weighted by Gasteiger charge is -2.44. The number of piperazine rings is 1. The number of hydrogen-bond donors (Lipinski definition) is 1. The van der Waals surface area contributed by atoms with Gasteiger partial charge in [0.2, 0.25) is 15.9 Å².